The molecule has 1 aliphatic rings. The third-order valence-corrected chi connectivity index (χ3v) is 6.78. The number of rotatable bonds is 13. The molecular weight excluding hydrogens is 642 g/mol. The minimum Gasteiger partial charge on any atom is -0.491 e. The molecule has 0 saturated carbocycles. The van der Waals surface area contributed by atoms with Crippen molar-refractivity contribution in [2.75, 3.05) is 32.8 Å². The number of benzene rings is 2. The molecule has 0 radical (unpaired) electrons. The molecule has 0 aromatic heterocycles. The lowest BCUT2D eigenvalue weighted by atomic mass is 10.1. The van der Waals surface area contributed by atoms with Crippen molar-refractivity contribution in [1.29, 1.82) is 5.41 Å². The Hall–Kier alpha value is -4.48. The number of alkyl halides is 3. The Balaban J connectivity index is 0.000000942. The van der Waals surface area contributed by atoms with Crippen molar-refractivity contribution in [3.8, 4) is 5.75 Å². The van der Waals surface area contributed by atoms with Crippen molar-refractivity contribution < 1.29 is 61.1 Å². The van der Waals surface area contributed by atoms with Crippen molar-refractivity contribution in [1.82, 2.24) is 21.2 Å². The Kier molecular flexibility index (Phi) is 14.6. The number of hydroxylamine groups is 1. The molecule has 1 atom stereocenters. The molecule has 3 rings (SSSR count). The predicted octanol–water partition coefficient (Wildman–Crippen LogP) is 3.30. The van der Waals surface area contributed by atoms with Crippen molar-refractivity contribution in [3.63, 3.8) is 0 Å². The monoisotopic (exact) mass is 675 g/mol. The fraction of sp³-hybridized carbons (Fsp3) is 0.333. The number of amidine groups is 1. The van der Waals surface area contributed by atoms with E-state index >= 15 is 0 Å². The van der Waals surface area contributed by atoms with Gasteiger partial charge in [-0.3, -0.25) is 40.5 Å². The normalized spacial score (nSPS) is 14.4. The number of hydrazine groups is 1. The second-order valence-electron chi connectivity index (χ2n) is 9.15. The van der Waals surface area contributed by atoms with Gasteiger partial charge in [0, 0.05) is 35.3 Å². The third-order valence-electron chi connectivity index (χ3n) is 5.81. The summed E-state index contributed by atoms with van der Waals surface area (Å²) in [5, 5.41) is 28.5. The van der Waals surface area contributed by atoms with Gasteiger partial charge in [-0.2, -0.15) is 13.2 Å². The van der Waals surface area contributed by atoms with Crippen LogP contribution in [0.4, 0.5) is 13.2 Å². The van der Waals surface area contributed by atoms with Crippen LogP contribution in [0, 0.1) is 5.41 Å². The third kappa shape index (κ3) is 12.9. The topological polar surface area (TPSA) is 220 Å². The maximum atomic E-state index is 12.5. The number of phosphoric acid groups is 1. The Morgan fingerprint density at radius 1 is 1.04 bits per heavy atom. The van der Waals surface area contributed by atoms with Gasteiger partial charge in [0.1, 0.15) is 18.2 Å². The first-order chi connectivity index (χ1) is 21.7. The smallest absolute Gasteiger partial charge is 0.491 e. The van der Waals surface area contributed by atoms with Crippen LogP contribution in [0.5, 0.6) is 5.75 Å². The zero-order valence-electron chi connectivity index (χ0n) is 24.4. The highest BCUT2D eigenvalue weighted by atomic mass is 31.2. The average molecular weight is 676 g/mol. The van der Waals surface area contributed by atoms with Crippen LogP contribution in [-0.2, 0) is 18.4 Å². The summed E-state index contributed by atoms with van der Waals surface area (Å²) in [6.45, 7) is 3.36. The Bertz CT molecular complexity index is 1430. The molecule has 1 aliphatic heterocycles. The minimum atomic E-state index is -5.08. The van der Waals surface area contributed by atoms with Crippen molar-refractivity contribution >= 4 is 37.5 Å². The van der Waals surface area contributed by atoms with Crippen LogP contribution < -0.4 is 21.0 Å². The Morgan fingerprint density at radius 2 is 1.61 bits per heavy atom. The number of carboxylic acid groups (broad SMARTS) is 1. The van der Waals surface area contributed by atoms with E-state index in [1.807, 2.05) is 5.01 Å². The molecule has 46 heavy (non-hydrogen) atoms. The highest BCUT2D eigenvalue weighted by Gasteiger charge is 2.38. The number of hydrogen-bond acceptors (Lipinski definition) is 10. The lowest BCUT2D eigenvalue weighted by Crippen LogP contribution is -2.40. The lowest BCUT2D eigenvalue weighted by molar-refractivity contribution is -0.192. The largest absolute Gasteiger partial charge is 0.526 e. The minimum absolute atomic E-state index is 0.00904. The van der Waals surface area contributed by atoms with Crippen LogP contribution in [-0.4, -0.2) is 82.9 Å². The van der Waals surface area contributed by atoms with Crippen molar-refractivity contribution in [2.24, 2.45) is 0 Å². The summed E-state index contributed by atoms with van der Waals surface area (Å²) in [5.74, 6) is -3.34. The summed E-state index contributed by atoms with van der Waals surface area (Å²) in [7, 11) is -4.23. The van der Waals surface area contributed by atoms with Crippen LogP contribution in [0.25, 0.3) is 6.08 Å². The van der Waals surface area contributed by atoms with E-state index in [-0.39, 0.29) is 43.2 Å². The van der Waals surface area contributed by atoms with E-state index in [2.05, 4.69) is 15.3 Å². The number of phosphoric ester groups is 1. The van der Waals surface area contributed by atoms with E-state index in [4.69, 9.17) is 29.8 Å². The number of hydrogen-bond donors (Lipinski definition) is 7. The standard InChI is InChI=1S/C25H32N5O8P.C2HF3O2/c1-2-37-39(34,35)38-15-11-18-5-10-21(23(26)29-33)17-22(18)36-16-12-27-24(31)19-6-8-20(9-7-19)25(32)28-30-13-3-4-14-30;3-2(4,5)1(6)7/h5-11,15,17,33H,2-4,12-14,16H2,1H3,(H2,26,29)(H,27,31)(H,28,32)(H,34,35);(H,6,7). The zero-order valence-corrected chi connectivity index (χ0v) is 25.3. The van der Waals surface area contributed by atoms with E-state index < -0.39 is 20.0 Å². The van der Waals surface area contributed by atoms with E-state index in [1.165, 1.54) is 18.2 Å². The van der Waals surface area contributed by atoms with E-state index in [1.54, 1.807) is 42.7 Å². The molecule has 1 unspecified atom stereocenters. The molecule has 7 N–H and O–H groups in total. The van der Waals surface area contributed by atoms with Crippen LogP contribution in [0.3, 0.4) is 0 Å². The summed E-state index contributed by atoms with van der Waals surface area (Å²) in [6, 6.07) is 10.9. The van der Waals surface area contributed by atoms with Crippen LogP contribution in [0.15, 0.2) is 48.7 Å². The first-order valence-electron chi connectivity index (χ1n) is 13.5. The number of halogens is 3. The molecule has 19 heteroatoms. The molecular formula is C27H33F3N5O10P. The first-order valence-corrected chi connectivity index (χ1v) is 15.0. The summed E-state index contributed by atoms with van der Waals surface area (Å²) in [4.78, 5) is 43.3. The Labute approximate surface area is 261 Å². The van der Waals surface area contributed by atoms with E-state index in [9.17, 15) is 32.2 Å². The molecule has 1 saturated heterocycles. The second kappa shape index (κ2) is 17.9. The molecule has 1 heterocycles. The van der Waals surface area contributed by atoms with Gasteiger partial charge in [-0.1, -0.05) is 12.1 Å². The van der Waals surface area contributed by atoms with Crippen LogP contribution in [0.2, 0.25) is 0 Å². The fourth-order valence-corrected chi connectivity index (χ4v) is 4.23. The van der Waals surface area contributed by atoms with Crippen LogP contribution >= 0.6 is 7.82 Å². The van der Waals surface area contributed by atoms with E-state index in [0.717, 1.165) is 32.2 Å². The molecule has 15 nitrogen and oxygen atoms in total. The number of nitrogens with one attached hydrogen (secondary N) is 4. The molecule has 0 bridgehead atoms. The summed E-state index contributed by atoms with van der Waals surface area (Å²) >= 11 is 0. The maximum absolute atomic E-state index is 12.5. The van der Waals surface area contributed by atoms with Gasteiger partial charge >= 0.3 is 20.0 Å². The number of aliphatic carboxylic acids is 1. The molecule has 2 amide bonds. The summed E-state index contributed by atoms with van der Waals surface area (Å²) in [6.07, 6.45) is -0.625. The lowest BCUT2D eigenvalue weighted by Gasteiger charge is -2.16. The fourth-order valence-electron chi connectivity index (χ4n) is 3.63. The molecule has 2 aromatic rings. The molecule has 0 spiro atoms. The SMILES string of the molecule is CCOP(=O)(O)OC=Cc1ccc(C(=N)NO)cc1OCCNC(=O)c1ccc(C(=O)NN2CCCC2)cc1.O=C(O)C(F)(F)F. The number of amides is 2. The van der Waals surface area contributed by atoms with Crippen molar-refractivity contribution in [3.05, 3.63) is 71.0 Å². The number of carbonyl (C=O) groups excluding carboxylic acids is 2. The number of ether oxygens (including phenoxy) is 1. The van der Waals surface area contributed by atoms with Gasteiger partial charge in [0.15, 0.2) is 0 Å². The predicted molar refractivity (Wildman–Crippen MR) is 156 cm³/mol. The maximum Gasteiger partial charge on any atom is 0.526 e. The van der Waals surface area contributed by atoms with Gasteiger partial charge in [-0.25, -0.2) is 14.4 Å². The van der Waals surface area contributed by atoms with Gasteiger partial charge in [0.2, 0.25) is 0 Å². The van der Waals surface area contributed by atoms with Crippen molar-refractivity contribution in [2.45, 2.75) is 25.9 Å². The molecule has 2 aromatic carbocycles. The van der Waals surface area contributed by atoms with Gasteiger partial charge in [0.25, 0.3) is 11.8 Å². The highest BCUT2D eigenvalue weighted by Crippen LogP contribution is 2.43. The molecule has 0 aliphatic carbocycles. The highest BCUT2D eigenvalue weighted by molar-refractivity contribution is 7.47. The van der Waals surface area contributed by atoms with Gasteiger partial charge in [-0.15, -0.1) is 0 Å². The number of carboxylic acids is 1. The number of nitrogens with zero attached hydrogens (tertiary/aromatic N) is 1. The Morgan fingerprint density at radius 3 is 2.15 bits per heavy atom. The van der Waals surface area contributed by atoms with E-state index in [0.29, 0.717) is 22.3 Å². The average Bonchev–Trinajstić information content (AvgIpc) is 3.52. The first kappa shape index (κ1) is 37.7. The summed E-state index contributed by atoms with van der Waals surface area (Å²) in [5.41, 5.74) is 6.17. The number of carbonyl (C=O) groups is 3. The van der Waals surface area contributed by atoms with Crippen LogP contribution in [0.1, 0.15) is 51.6 Å². The molecule has 1 fully saturated rings. The van der Waals surface area contributed by atoms with Gasteiger partial charge in [-0.05, 0) is 56.2 Å². The quantitative estimate of drug-likeness (QED) is 0.0406. The zero-order chi connectivity index (χ0) is 34.3. The van der Waals surface area contributed by atoms with Gasteiger partial charge in [0.05, 0.1) is 19.4 Å². The molecule has 252 valence electrons. The summed E-state index contributed by atoms with van der Waals surface area (Å²) < 4.78 is 58.6. The second-order valence-corrected chi connectivity index (χ2v) is 10.6. The van der Waals surface area contributed by atoms with Gasteiger partial charge < -0.3 is 19.7 Å².